The zero-order valence-corrected chi connectivity index (χ0v) is 20.6. The van der Waals surface area contributed by atoms with Gasteiger partial charge in [0.2, 0.25) is 0 Å². The van der Waals surface area contributed by atoms with Crippen molar-refractivity contribution in [1.29, 1.82) is 0 Å². The van der Waals surface area contributed by atoms with E-state index in [1.54, 1.807) is 0 Å². The van der Waals surface area contributed by atoms with Crippen molar-refractivity contribution in [2.45, 2.75) is 118 Å². The lowest BCUT2D eigenvalue weighted by atomic mass is 9.72. The monoisotopic (exact) mass is 402 g/mol. The van der Waals surface area contributed by atoms with E-state index in [4.69, 9.17) is 25.7 Å². The van der Waals surface area contributed by atoms with Gasteiger partial charge in [0, 0.05) is 18.7 Å². The summed E-state index contributed by atoms with van der Waals surface area (Å²) in [7, 11) is 0. The van der Waals surface area contributed by atoms with Crippen LogP contribution in [-0.4, -0.2) is 49.2 Å². The summed E-state index contributed by atoms with van der Waals surface area (Å²) in [5, 5.41) is 0. The summed E-state index contributed by atoms with van der Waals surface area (Å²) < 4.78 is 18.4. The van der Waals surface area contributed by atoms with Crippen LogP contribution in [0, 0.1) is 10.8 Å². The first-order valence-corrected chi connectivity index (χ1v) is 10.8. The highest BCUT2D eigenvalue weighted by Gasteiger charge is 2.41. The summed E-state index contributed by atoms with van der Waals surface area (Å²) in [6.45, 7) is 25.5. The quantitative estimate of drug-likeness (QED) is 0.447. The molecule has 5 nitrogen and oxygen atoms in total. The highest BCUT2D eigenvalue weighted by atomic mass is 16.5. The third-order valence-electron chi connectivity index (χ3n) is 6.60. The molecule has 0 aliphatic carbocycles. The van der Waals surface area contributed by atoms with Gasteiger partial charge in [0.1, 0.15) is 0 Å². The van der Waals surface area contributed by atoms with Gasteiger partial charge in [0.25, 0.3) is 0 Å². The molecule has 0 aliphatic heterocycles. The molecule has 0 aromatic heterocycles. The fraction of sp³-hybridized carbons (Fsp3) is 1.00. The summed E-state index contributed by atoms with van der Waals surface area (Å²) in [5.74, 6) is 0. The smallest absolute Gasteiger partial charge is 0.0678 e. The Hall–Kier alpha value is -0.200. The molecule has 0 fully saturated rings. The Morgan fingerprint density at radius 3 is 1.61 bits per heavy atom. The molecule has 0 amide bonds. The van der Waals surface area contributed by atoms with Crippen molar-refractivity contribution in [3.05, 3.63) is 0 Å². The molecule has 4 N–H and O–H groups in total. The molecule has 0 radical (unpaired) electrons. The SMILES string of the molecule is CC(N)COC(C)CC(C)(C)C(C)(C)OCCC(C)(C)C(C)(C)OCC(C)N. The largest absolute Gasteiger partial charge is 0.377 e. The molecular weight excluding hydrogens is 352 g/mol. The number of hydrogen-bond acceptors (Lipinski definition) is 5. The molecular formula is C23H50N2O3. The highest BCUT2D eigenvalue weighted by Crippen LogP contribution is 2.41. The minimum atomic E-state index is -0.273. The van der Waals surface area contributed by atoms with Crippen molar-refractivity contribution in [2.75, 3.05) is 19.8 Å². The molecule has 0 aromatic carbocycles. The molecule has 0 heterocycles. The van der Waals surface area contributed by atoms with Crippen LogP contribution in [0.2, 0.25) is 0 Å². The van der Waals surface area contributed by atoms with E-state index in [1.807, 2.05) is 13.8 Å². The minimum absolute atomic E-state index is 0.0320. The van der Waals surface area contributed by atoms with E-state index in [-0.39, 0.29) is 40.2 Å². The normalized spacial score (nSPS) is 17.5. The second-order valence-electron chi connectivity index (χ2n) is 11.0. The number of rotatable bonds is 14. The van der Waals surface area contributed by atoms with Crippen LogP contribution in [0.1, 0.15) is 89.0 Å². The Labute approximate surface area is 175 Å². The van der Waals surface area contributed by atoms with Gasteiger partial charge < -0.3 is 25.7 Å². The van der Waals surface area contributed by atoms with Crippen molar-refractivity contribution < 1.29 is 14.2 Å². The Morgan fingerprint density at radius 2 is 1.14 bits per heavy atom. The first-order valence-electron chi connectivity index (χ1n) is 10.8. The molecule has 0 aliphatic rings. The van der Waals surface area contributed by atoms with Crippen molar-refractivity contribution in [2.24, 2.45) is 22.3 Å². The molecule has 0 saturated heterocycles. The predicted octanol–water partition coefficient (Wildman–Crippen LogP) is 4.51. The fourth-order valence-electron chi connectivity index (χ4n) is 2.93. The van der Waals surface area contributed by atoms with Crippen LogP contribution in [0.15, 0.2) is 0 Å². The van der Waals surface area contributed by atoms with Crippen LogP contribution in [-0.2, 0) is 14.2 Å². The van der Waals surface area contributed by atoms with E-state index in [0.29, 0.717) is 19.8 Å². The number of nitrogens with two attached hydrogens (primary N) is 2. The minimum Gasteiger partial charge on any atom is -0.377 e. The number of hydrogen-bond donors (Lipinski definition) is 2. The molecule has 5 heteroatoms. The topological polar surface area (TPSA) is 79.7 Å². The second kappa shape index (κ2) is 10.7. The molecule has 0 aromatic rings. The van der Waals surface area contributed by atoms with Gasteiger partial charge in [0.05, 0.1) is 30.5 Å². The Balaban J connectivity index is 4.75. The van der Waals surface area contributed by atoms with Crippen LogP contribution in [0.25, 0.3) is 0 Å². The van der Waals surface area contributed by atoms with Gasteiger partial charge in [-0.3, -0.25) is 0 Å². The molecule has 0 saturated carbocycles. The maximum Gasteiger partial charge on any atom is 0.0678 e. The maximum absolute atomic E-state index is 6.42. The van der Waals surface area contributed by atoms with Crippen LogP contribution >= 0.6 is 0 Å². The first-order chi connectivity index (χ1) is 12.4. The molecule has 0 rings (SSSR count). The lowest BCUT2D eigenvalue weighted by Gasteiger charge is -2.45. The van der Waals surface area contributed by atoms with Gasteiger partial charge in [0.15, 0.2) is 0 Å². The first kappa shape index (κ1) is 27.8. The zero-order chi connectivity index (χ0) is 22.4. The standard InChI is InChI=1S/C23H50N2O3/c1-17(24)15-26-19(3)14-21(6,7)23(10,11)27-13-12-20(4,5)22(8,9)28-16-18(2)25/h17-19H,12-16,24-25H2,1-11H3. The molecule has 3 unspecified atom stereocenters. The highest BCUT2D eigenvalue weighted by molar-refractivity contribution is 4.91. The van der Waals surface area contributed by atoms with Crippen LogP contribution in [0.3, 0.4) is 0 Å². The molecule has 170 valence electrons. The summed E-state index contributed by atoms with van der Waals surface area (Å²) in [4.78, 5) is 0. The summed E-state index contributed by atoms with van der Waals surface area (Å²) in [6, 6.07) is 0.0995. The molecule has 3 atom stereocenters. The Bertz CT molecular complexity index is 443. The summed E-state index contributed by atoms with van der Waals surface area (Å²) >= 11 is 0. The maximum atomic E-state index is 6.42. The van der Waals surface area contributed by atoms with Crippen molar-refractivity contribution in [1.82, 2.24) is 0 Å². The average molecular weight is 403 g/mol. The molecule has 0 bridgehead atoms. The van der Waals surface area contributed by atoms with Gasteiger partial charge in [-0.1, -0.05) is 27.7 Å². The van der Waals surface area contributed by atoms with Gasteiger partial charge in [-0.2, -0.15) is 0 Å². The van der Waals surface area contributed by atoms with Gasteiger partial charge in [-0.15, -0.1) is 0 Å². The lowest BCUT2D eigenvalue weighted by molar-refractivity contribution is -0.142. The number of ether oxygens (including phenoxy) is 3. The van der Waals surface area contributed by atoms with E-state index >= 15 is 0 Å². The Morgan fingerprint density at radius 1 is 0.679 bits per heavy atom. The second-order valence-corrected chi connectivity index (χ2v) is 11.0. The third kappa shape index (κ3) is 9.08. The average Bonchev–Trinajstić information content (AvgIpc) is 2.49. The molecule has 0 spiro atoms. The van der Waals surface area contributed by atoms with Crippen LogP contribution in [0.4, 0.5) is 0 Å². The van der Waals surface area contributed by atoms with Crippen LogP contribution < -0.4 is 11.5 Å². The fourth-order valence-corrected chi connectivity index (χ4v) is 2.93. The van der Waals surface area contributed by atoms with Crippen molar-refractivity contribution in [3.63, 3.8) is 0 Å². The van der Waals surface area contributed by atoms with Gasteiger partial charge in [-0.25, -0.2) is 0 Å². The summed E-state index contributed by atoms with van der Waals surface area (Å²) in [6.07, 6.45) is 1.97. The van der Waals surface area contributed by atoms with Crippen molar-refractivity contribution >= 4 is 0 Å². The predicted molar refractivity (Wildman–Crippen MR) is 120 cm³/mol. The lowest BCUT2D eigenvalue weighted by Crippen LogP contribution is -2.47. The van der Waals surface area contributed by atoms with Gasteiger partial charge >= 0.3 is 0 Å². The van der Waals surface area contributed by atoms with E-state index in [1.165, 1.54) is 0 Å². The van der Waals surface area contributed by atoms with Crippen LogP contribution in [0.5, 0.6) is 0 Å². The van der Waals surface area contributed by atoms with E-state index in [0.717, 1.165) is 12.8 Å². The Kier molecular flexibility index (Phi) is 10.6. The summed E-state index contributed by atoms with van der Waals surface area (Å²) in [5.41, 5.74) is 11.1. The van der Waals surface area contributed by atoms with Gasteiger partial charge in [-0.05, 0) is 72.1 Å². The van der Waals surface area contributed by atoms with E-state index < -0.39 is 0 Å². The zero-order valence-electron chi connectivity index (χ0n) is 20.6. The molecule has 28 heavy (non-hydrogen) atoms. The van der Waals surface area contributed by atoms with Crippen molar-refractivity contribution in [3.8, 4) is 0 Å². The van der Waals surface area contributed by atoms with E-state index in [9.17, 15) is 0 Å². The third-order valence-corrected chi connectivity index (χ3v) is 6.60. The van der Waals surface area contributed by atoms with E-state index in [2.05, 4.69) is 62.3 Å².